The number of benzene rings is 2. The number of rotatable bonds is 2. The van der Waals surface area contributed by atoms with Gasteiger partial charge in [-0.2, -0.15) is 13.2 Å². The van der Waals surface area contributed by atoms with Crippen molar-refractivity contribution in [3.8, 4) is 11.1 Å². The van der Waals surface area contributed by atoms with Crippen molar-refractivity contribution in [2.24, 2.45) is 0 Å². The van der Waals surface area contributed by atoms with E-state index in [1.807, 2.05) is 0 Å². The molecule has 0 atom stereocenters. The predicted molar refractivity (Wildman–Crippen MR) is 85.4 cm³/mol. The van der Waals surface area contributed by atoms with Gasteiger partial charge in [0.2, 0.25) is 0 Å². The second-order valence-corrected chi connectivity index (χ2v) is 5.27. The van der Waals surface area contributed by atoms with Gasteiger partial charge in [-0.25, -0.2) is 14.4 Å². The zero-order valence-electron chi connectivity index (χ0n) is 12.7. The number of hydrogen-bond acceptors (Lipinski definition) is 6. The van der Waals surface area contributed by atoms with E-state index in [0.717, 1.165) is 12.1 Å². The largest absolute Gasteiger partial charge is 0.419 e. The summed E-state index contributed by atoms with van der Waals surface area (Å²) in [5.41, 5.74) is 8.48. The minimum atomic E-state index is -4.98. The van der Waals surface area contributed by atoms with Gasteiger partial charge in [-0.15, -0.1) is 0 Å². The second-order valence-electron chi connectivity index (χ2n) is 5.27. The molecule has 2 aromatic carbocycles. The molecule has 0 unspecified atom stereocenters. The number of aromatic nitrogens is 2. The van der Waals surface area contributed by atoms with E-state index in [9.17, 15) is 27.7 Å². The van der Waals surface area contributed by atoms with Gasteiger partial charge in [-0.3, -0.25) is 10.1 Å². The van der Waals surface area contributed by atoms with Crippen LogP contribution in [0.3, 0.4) is 0 Å². The lowest BCUT2D eigenvalue weighted by atomic mass is 9.99. The van der Waals surface area contributed by atoms with Crippen molar-refractivity contribution in [3.63, 3.8) is 0 Å². The lowest BCUT2D eigenvalue weighted by Crippen LogP contribution is -2.08. The molecule has 26 heavy (non-hydrogen) atoms. The Morgan fingerprint density at radius 3 is 2.31 bits per heavy atom. The van der Waals surface area contributed by atoms with Crippen LogP contribution < -0.4 is 11.5 Å². The van der Waals surface area contributed by atoms with Gasteiger partial charge in [0.05, 0.1) is 21.6 Å². The maximum atomic E-state index is 13.6. The number of nitrogens with two attached hydrogens (primary N) is 2. The maximum Gasteiger partial charge on any atom is 0.419 e. The van der Waals surface area contributed by atoms with Crippen LogP contribution in [0.5, 0.6) is 0 Å². The van der Waals surface area contributed by atoms with Gasteiger partial charge in [0, 0.05) is 6.07 Å². The molecule has 4 N–H and O–H groups in total. The topological polar surface area (TPSA) is 121 Å². The molecule has 134 valence electrons. The fourth-order valence-electron chi connectivity index (χ4n) is 2.47. The van der Waals surface area contributed by atoms with E-state index in [1.54, 1.807) is 0 Å². The van der Waals surface area contributed by atoms with E-state index in [4.69, 9.17) is 11.5 Å². The highest BCUT2D eigenvalue weighted by Crippen LogP contribution is 2.40. The fourth-order valence-corrected chi connectivity index (χ4v) is 2.47. The van der Waals surface area contributed by atoms with E-state index in [2.05, 4.69) is 9.97 Å². The molecule has 0 saturated carbocycles. The maximum absolute atomic E-state index is 13.6. The van der Waals surface area contributed by atoms with Crippen LogP contribution in [0.15, 0.2) is 30.3 Å². The third-order valence-corrected chi connectivity index (χ3v) is 3.63. The summed E-state index contributed by atoms with van der Waals surface area (Å²) in [6, 6.07) is 4.34. The van der Waals surface area contributed by atoms with Crippen molar-refractivity contribution in [3.05, 3.63) is 51.8 Å². The van der Waals surface area contributed by atoms with Crippen LogP contribution in [0.4, 0.5) is 34.9 Å². The van der Waals surface area contributed by atoms with E-state index >= 15 is 0 Å². The average molecular weight is 367 g/mol. The van der Waals surface area contributed by atoms with E-state index < -0.39 is 28.2 Å². The molecule has 7 nitrogen and oxygen atoms in total. The van der Waals surface area contributed by atoms with E-state index in [0.29, 0.717) is 12.1 Å². The van der Waals surface area contributed by atoms with Gasteiger partial charge in [0.15, 0.2) is 11.6 Å². The molecular formula is C15H9F4N5O2. The number of fused-ring (bicyclic) bond motifs is 1. The molecule has 0 aliphatic heterocycles. The molecule has 0 spiro atoms. The highest BCUT2D eigenvalue weighted by molar-refractivity contribution is 5.98. The van der Waals surface area contributed by atoms with Crippen molar-refractivity contribution >= 4 is 28.4 Å². The SMILES string of the molecule is Nc1nc2ccc([N+](=O)[O-])c(-c3ccc(F)c(C(F)(F)F)c3)c2nc1N. The summed E-state index contributed by atoms with van der Waals surface area (Å²) in [6.45, 7) is 0. The molecule has 11 heteroatoms. The third kappa shape index (κ3) is 2.83. The first-order valence-electron chi connectivity index (χ1n) is 6.97. The Labute approximate surface area is 142 Å². The van der Waals surface area contributed by atoms with Crippen LogP contribution in [0.25, 0.3) is 22.2 Å². The summed E-state index contributed by atoms with van der Waals surface area (Å²) >= 11 is 0. The molecular weight excluding hydrogens is 358 g/mol. The Balaban J connectivity index is 2.42. The van der Waals surface area contributed by atoms with Gasteiger partial charge < -0.3 is 11.5 Å². The highest BCUT2D eigenvalue weighted by Gasteiger charge is 2.35. The summed E-state index contributed by atoms with van der Waals surface area (Å²) < 4.78 is 52.5. The molecule has 3 rings (SSSR count). The van der Waals surface area contributed by atoms with Crippen molar-refractivity contribution in [1.29, 1.82) is 0 Å². The number of nitrogen functional groups attached to an aromatic ring is 2. The lowest BCUT2D eigenvalue weighted by molar-refractivity contribution is -0.384. The average Bonchev–Trinajstić information content (AvgIpc) is 2.54. The minimum absolute atomic E-state index is 0.0928. The zero-order chi connectivity index (χ0) is 19.2. The number of anilines is 2. The number of alkyl halides is 3. The molecule has 0 saturated heterocycles. The standard InChI is InChI=1S/C15H9F4N5O2/c16-8-2-1-6(5-7(8)15(17,18)19)11-10(24(25)26)4-3-9-12(11)23-14(21)13(20)22-9/h1-5H,(H2,20,22)(H2,21,23). The molecule has 0 radical (unpaired) electrons. The van der Waals surface area contributed by atoms with Crippen LogP contribution in [-0.4, -0.2) is 14.9 Å². The molecule has 1 aromatic heterocycles. The molecule has 0 amide bonds. The lowest BCUT2D eigenvalue weighted by Gasteiger charge is -2.12. The van der Waals surface area contributed by atoms with Crippen molar-refractivity contribution < 1.29 is 22.5 Å². The Morgan fingerprint density at radius 2 is 1.69 bits per heavy atom. The fraction of sp³-hybridized carbons (Fsp3) is 0.0667. The third-order valence-electron chi connectivity index (χ3n) is 3.63. The Kier molecular flexibility index (Phi) is 3.86. The normalized spacial score (nSPS) is 11.7. The molecule has 0 aliphatic rings. The Morgan fingerprint density at radius 1 is 1.04 bits per heavy atom. The van der Waals surface area contributed by atoms with E-state index in [1.165, 1.54) is 6.07 Å². The van der Waals surface area contributed by atoms with Crippen LogP contribution in [0.2, 0.25) is 0 Å². The summed E-state index contributed by atoms with van der Waals surface area (Å²) in [5.74, 6) is -1.87. The molecule has 1 heterocycles. The van der Waals surface area contributed by atoms with E-state index in [-0.39, 0.29) is 33.8 Å². The smallest absolute Gasteiger partial charge is 0.381 e. The number of nitrogens with zero attached hydrogens (tertiary/aromatic N) is 3. The summed E-state index contributed by atoms with van der Waals surface area (Å²) in [6.07, 6.45) is -4.98. The minimum Gasteiger partial charge on any atom is -0.381 e. The molecule has 0 bridgehead atoms. The van der Waals surface area contributed by atoms with Gasteiger partial charge in [-0.05, 0) is 23.8 Å². The first kappa shape index (κ1) is 17.3. The zero-order valence-corrected chi connectivity index (χ0v) is 12.7. The number of halogens is 4. The van der Waals surface area contributed by atoms with Crippen LogP contribution in [-0.2, 0) is 6.18 Å². The molecule has 0 aliphatic carbocycles. The first-order valence-corrected chi connectivity index (χ1v) is 6.97. The molecule has 3 aromatic rings. The summed E-state index contributed by atoms with van der Waals surface area (Å²) in [7, 11) is 0. The number of nitro groups is 1. The van der Waals surface area contributed by atoms with Crippen molar-refractivity contribution in [2.45, 2.75) is 6.18 Å². The van der Waals surface area contributed by atoms with Gasteiger partial charge >= 0.3 is 6.18 Å². The van der Waals surface area contributed by atoms with Crippen LogP contribution in [0, 0.1) is 15.9 Å². The molecule has 0 fully saturated rings. The van der Waals surface area contributed by atoms with Crippen LogP contribution in [0.1, 0.15) is 5.56 Å². The van der Waals surface area contributed by atoms with Crippen molar-refractivity contribution in [2.75, 3.05) is 11.5 Å². The van der Waals surface area contributed by atoms with Crippen molar-refractivity contribution in [1.82, 2.24) is 9.97 Å². The monoisotopic (exact) mass is 367 g/mol. The first-order chi connectivity index (χ1) is 12.1. The predicted octanol–water partition coefficient (Wildman–Crippen LogP) is 3.53. The Hall–Kier alpha value is -3.50. The quantitative estimate of drug-likeness (QED) is 0.406. The number of hydrogen-bond donors (Lipinski definition) is 2. The Bertz CT molecular complexity index is 1050. The summed E-state index contributed by atoms with van der Waals surface area (Å²) in [4.78, 5) is 18.4. The highest BCUT2D eigenvalue weighted by atomic mass is 19.4. The van der Waals surface area contributed by atoms with Crippen LogP contribution >= 0.6 is 0 Å². The van der Waals surface area contributed by atoms with Gasteiger partial charge in [-0.1, -0.05) is 6.07 Å². The second kappa shape index (κ2) is 5.79. The van der Waals surface area contributed by atoms with Gasteiger partial charge in [0.1, 0.15) is 11.3 Å². The summed E-state index contributed by atoms with van der Waals surface area (Å²) in [5, 5.41) is 11.3. The van der Waals surface area contributed by atoms with Gasteiger partial charge in [0.25, 0.3) is 5.69 Å². The number of nitro benzene ring substituents is 1.